The Bertz CT molecular complexity index is 730. The number of carbonyl (C=O) groups excluding carboxylic acids is 2. The van der Waals surface area contributed by atoms with Gasteiger partial charge in [-0.1, -0.05) is 18.2 Å². The average Bonchev–Trinajstić information content (AvgIpc) is 3.01. The van der Waals surface area contributed by atoms with E-state index < -0.39 is 0 Å². The Balaban J connectivity index is 1.63. The van der Waals surface area contributed by atoms with Crippen molar-refractivity contribution in [2.24, 2.45) is 0 Å². The molecule has 1 aromatic carbocycles. The van der Waals surface area contributed by atoms with E-state index in [9.17, 15) is 9.59 Å². The van der Waals surface area contributed by atoms with Crippen LogP contribution in [0.1, 0.15) is 32.1 Å². The first-order valence-electron chi connectivity index (χ1n) is 7.72. The molecule has 1 aromatic heterocycles. The third kappa shape index (κ3) is 3.11. The maximum atomic E-state index is 12.6. The number of rotatable bonds is 2. The summed E-state index contributed by atoms with van der Waals surface area (Å²) >= 11 is 0. The van der Waals surface area contributed by atoms with Crippen molar-refractivity contribution in [1.82, 2.24) is 20.0 Å². The number of carbonyl (C=O) groups is 2. The van der Waals surface area contributed by atoms with Crippen LogP contribution in [0.2, 0.25) is 0 Å². The molecule has 1 saturated heterocycles. The smallest absolute Gasteiger partial charge is 0.274 e. The molecular formula is C17H20N4O2. The third-order valence-electron chi connectivity index (χ3n) is 4.15. The van der Waals surface area contributed by atoms with Crippen molar-refractivity contribution in [2.75, 3.05) is 26.2 Å². The quantitative estimate of drug-likeness (QED) is 0.916. The van der Waals surface area contributed by atoms with Gasteiger partial charge in [-0.2, -0.15) is 5.10 Å². The van der Waals surface area contributed by atoms with Crippen molar-refractivity contribution in [1.29, 1.82) is 0 Å². The lowest BCUT2D eigenvalue weighted by atomic mass is 10.1. The van der Waals surface area contributed by atoms with Crippen LogP contribution in [0.25, 0.3) is 0 Å². The highest BCUT2D eigenvalue weighted by molar-refractivity contribution is 5.96. The minimum Gasteiger partial charge on any atom is -0.335 e. The highest BCUT2D eigenvalue weighted by atomic mass is 16.2. The van der Waals surface area contributed by atoms with Gasteiger partial charge in [-0.05, 0) is 31.5 Å². The van der Waals surface area contributed by atoms with Crippen molar-refractivity contribution in [3.63, 3.8) is 0 Å². The van der Waals surface area contributed by atoms with Gasteiger partial charge >= 0.3 is 0 Å². The summed E-state index contributed by atoms with van der Waals surface area (Å²) in [5.41, 5.74) is 3.00. The number of aryl methyl sites for hydroxylation is 2. The molecule has 0 saturated carbocycles. The van der Waals surface area contributed by atoms with Gasteiger partial charge in [0.2, 0.25) is 0 Å². The van der Waals surface area contributed by atoms with E-state index in [2.05, 4.69) is 10.2 Å². The van der Waals surface area contributed by atoms with E-state index in [1.807, 2.05) is 43.0 Å². The van der Waals surface area contributed by atoms with Crippen molar-refractivity contribution in [3.05, 3.63) is 52.8 Å². The second kappa shape index (κ2) is 6.24. The largest absolute Gasteiger partial charge is 0.335 e. The molecule has 0 aliphatic carbocycles. The van der Waals surface area contributed by atoms with Crippen LogP contribution in [0.4, 0.5) is 0 Å². The molecule has 2 amide bonds. The monoisotopic (exact) mass is 312 g/mol. The van der Waals surface area contributed by atoms with Crippen LogP contribution in [-0.4, -0.2) is 58.0 Å². The van der Waals surface area contributed by atoms with Gasteiger partial charge in [0.05, 0.1) is 0 Å². The number of H-pyrrole nitrogens is 1. The summed E-state index contributed by atoms with van der Waals surface area (Å²) in [4.78, 5) is 28.5. The van der Waals surface area contributed by atoms with Gasteiger partial charge in [-0.25, -0.2) is 0 Å². The number of nitrogens with zero attached hydrogens (tertiary/aromatic N) is 3. The molecule has 1 aliphatic rings. The minimum atomic E-state index is -0.0858. The van der Waals surface area contributed by atoms with E-state index in [-0.39, 0.29) is 11.8 Å². The van der Waals surface area contributed by atoms with E-state index in [0.717, 1.165) is 16.8 Å². The molecule has 23 heavy (non-hydrogen) atoms. The summed E-state index contributed by atoms with van der Waals surface area (Å²) in [6, 6.07) is 9.33. The van der Waals surface area contributed by atoms with Gasteiger partial charge in [-0.15, -0.1) is 0 Å². The van der Waals surface area contributed by atoms with Crippen molar-refractivity contribution in [2.45, 2.75) is 13.8 Å². The molecule has 0 spiro atoms. The van der Waals surface area contributed by atoms with Crippen molar-refractivity contribution < 1.29 is 9.59 Å². The maximum Gasteiger partial charge on any atom is 0.274 e. The maximum absolute atomic E-state index is 12.6. The van der Waals surface area contributed by atoms with E-state index in [1.165, 1.54) is 0 Å². The lowest BCUT2D eigenvalue weighted by Gasteiger charge is -2.34. The molecule has 1 fully saturated rings. The summed E-state index contributed by atoms with van der Waals surface area (Å²) in [5, 5.41) is 6.79. The van der Waals surface area contributed by atoms with Gasteiger partial charge in [0.15, 0.2) is 0 Å². The van der Waals surface area contributed by atoms with Gasteiger partial charge in [-0.3, -0.25) is 14.7 Å². The Morgan fingerprint density at radius 1 is 1.00 bits per heavy atom. The number of aromatic amines is 1. The summed E-state index contributed by atoms with van der Waals surface area (Å²) in [6.45, 7) is 5.95. The van der Waals surface area contributed by atoms with Crippen LogP contribution < -0.4 is 0 Å². The second-order valence-corrected chi connectivity index (χ2v) is 5.84. The van der Waals surface area contributed by atoms with Crippen LogP contribution in [0, 0.1) is 13.8 Å². The molecule has 6 nitrogen and oxygen atoms in total. The van der Waals surface area contributed by atoms with E-state index in [4.69, 9.17) is 0 Å². The second-order valence-electron chi connectivity index (χ2n) is 5.84. The zero-order valence-corrected chi connectivity index (χ0v) is 13.4. The molecule has 0 unspecified atom stereocenters. The zero-order chi connectivity index (χ0) is 16.4. The van der Waals surface area contributed by atoms with Gasteiger partial charge in [0.1, 0.15) is 5.69 Å². The summed E-state index contributed by atoms with van der Waals surface area (Å²) in [6.07, 6.45) is 0. The van der Waals surface area contributed by atoms with E-state index in [1.54, 1.807) is 11.0 Å². The third-order valence-corrected chi connectivity index (χ3v) is 4.15. The zero-order valence-electron chi connectivity index (χ0n) is 13.4. The fourth-order valence-electron chi connectivity index (χ4n) is 2.79. The highest BCUT2D eigenvalue weighted by Gasteiger charge is 2.26. The predicted octanol–water partition coefficient (Wildman–Crippen LogP) is 1.62. The van der Waals surface area contributed by atoms with Crippen molar-refractivity contribution >= 4 is 11.8 Å². The first-order chi connectivity index (χ1) is 11.1. The van der Waals surface area contributed by atoms with Gasteiger partial charge in [0.25, 0.3) is 11.8 Å². The number of aromatic nitrogens is 2. The number of amides is 2. The molecule has 2 heterocycles. The van der Waals surface area contributed by atoms with E-state index >= 15 is 0 Å². The molecule has 0 radical (unpaired) electrons. The fraction of sp³-hybridized carbons (Fsp3) is 0.353. The fourth-order valence-corrected chi connectivity index (χ4v) is 2.79. The Morgan fingerprint density at radius 2 is 1.61 bits per heavy atom. The molecule has 120 valence electrons. The Hall–Kier alpha value is -2.63. The Labute approximate surface area is 135 Å². The molecule has 0 bridgehead atoms. The number of piperazine rings is 1. The SMILES string of the molecule is Cc1cc(C(=O)N2CCN(C(=O)c3ccccc3C)CC2)n[nH]1. The Kier molecular flexibility index (Phi) is 4.14. The summed E-state index contributed by atoms with van der Waals surface area (Å²) in [5.74, 6) is -0.0526. The van der Waals surface area contributed by atoms with Gasteiger partial charge < -0.3 is 9.80 Å². The van der Waals surface area contributed by atoms with Crippen LogP contribution in [0.3, 0.4) is 0 Å². The molecule has 1 aliphatic heterocycles. The molecule has 6 heteroatoms. The van der Waals surface area contributed by atoms with Gasteiger partial charge in [0, 0.05) is 37.4 Å². The lowest BCUT2D eigenvalue weighted by Crippen LogP contribution is -2.50. The molecular weight excluding hydrogens is 292 g/mol. The number of hydrogen-bond donors (Lipinski definition) is 1. The number of nitrogens with one attached hydrogen (secondary N) is 1. The predicted molar refractivity (Wildman–Crippen MR) is 86.3 cm³/mol. The van der Waals surface area contributed by atoms with Crippen LogP contribution in [-0.2, 0) is 0 Å². The molecule has 3 rings (SSSR count). The lowest BCUT2D eigenvalue weighted by molar-refractivity contribution is 0.0532. The number of hydrogen-bond acceptors (Lipinski definition) is 3. The first kappa shape index (κ1) is 15.3. The Morgan fingerprint density at radius 3 is 2.17 bits per heavy atom. The topological polar surface area (TPSA) is 69.3 Å². The van der Waals surface area contributed by atoms with Crippen molar-refractivity contribution in [3.8, 4) is 0 Å². The normalized spacial score (nSPS) is 14.9. The number of benzene rings is 1. The summed E-state index contributed by atoms with van der Waals surface area (Å²) < 4.78 is 0. The standard InChI is InChI=1S/C17H20N4O2/c1-12-5-3-4-6-14(12)16(22)20-7-9-21(10-8-20)17(23)15-11-13(2)18-19-15/h3-6,11H,7-10H2,1-2H3,(H,18,19). The molecule has 2 aromatic rings. The summed E-state index contributed by atoms with van der Waals surface area (Å²) in [7, 11) is 0. The van der Waals surface area contributed by atoms with Crippen LogP contribution in [0.5, 0.6) is 0 Å². The molecule has 1 N–H and O–H groups in total. The highest BCUT2D eigenvalue weighted by Crippen LogP contribution is 2.14. The first-order valence-corrected chi connectivity index (χ1v) is 7.72. The van der Waals surface area contributed by atoms with Crippen LogP contribution >= 0.6 is 0 Å². The van der Waals surface area contributed by atoms with Crippen LogP contribution in [0.15, 0.2) is 30.3 Å². The average molecular weight is 312 g/mol. The molecule has 0 atom stereocenters. The minimum absolute atomic E-state index is 0.0332. The van der Waals surface area contributed by atoms with E-state index in [0.29, 0.717) is 31.9 Å².